The first-order valence-electron chi connectivity index (χ1n) is 8.83. The Balaban J connectivity index is 1.90. The van der Waals surface area contributed by atoms with E-state index in [0.29, 0.717) is 24.8 Å². The first kappa shape index (κ1) is 18.0. The predicted molar refractivity (Wildman–Crippen MR) is 99.0 cm³/mol. The first-order chi connectivity index (χ1) is 12.5. The Bertz CT molecular complexity index is 815. The standard InChI is InChI=1S/C21H23NO4/c1-14(2)17-5-3-4-6-20(17)26-16-7-8-18(19(11-16)21(24)25)15-9-10-22(12-15)13-23/h3-8,11,13-15H,9-10,12H2,1-2H3,(H,24,25). The molecule has 0 saturated carbocycles. The first-order valence-corrected chi connectivity index (χ1v) is 8.83. The molecule has 1 unspecified atom stereocenters. The number of carboxylic acids is 1. The Morgan fingerprint density at radius 2 is 2.04 bits per heavy atom. The molecule has 0 radical (unpaired) electrons. The number of carboxylic acid groups (broad SMARTS) is 1. The maximum absolute atomic E-state index is 11.8. The lowest BCUT2D eigenvalue weighted by Gasteiger charge is -2.17. The van der Waals surface area contributed by atoms with Gasteiger partial charge in [-0.25, -0.2) is 4.79 Å². The van der Waals surface area contributed by atoms with E-state index in [4.69, 9.17) is 4.74 Å². The molecule has 2 aromatic rings. The second kappa shape index (κ2) is 7.60. The Morgan fingerprint density at radius 1 is 1.27 bits per heavy atom. The molecule has 1 saturated heterocycles. The molecule has 1 atom stereocenters. The van der Waals surface area contributed by atoms with Crippen molar-refractivity contribution in [3.63, 3.8) is 0 Å². The molecule has 0 bridgehead atoms. The van der Waals surface area contributed by atoms with Crippen molar-refractivity contribution in [3.05, 3.63) is 59.2 Å². The highest BCUT2D eigenvalue weighted by Gasteiger charge is 2.27. The highest BCUT2D eigenvalue weighted by molar-refractivity contribution is 5.90. The minimum absolute atomic E-state index is 0.0447. The van der Waals surface area contributed by atoms with Crippen LogP contribution in [0.3, 0.4) is 0 Å². The van der Waals surface area contributed by atoms with Gasteiger partial charge in [-0.3, -0.25) is 4.79 Å². The van der Waals surface area contributed by atoms with Crippen LogP contribution in [0.5, 0.6) is 11.5 Å². The quantitative estimate of drug-likeness (QED) is 0.789. The largest absolute Gasteiger partial charge is 0.478 e. The molecular weight excluding hydrogens is 330 g/mol. The number of ether oxygens (including phenoxy) is 1. The number of hydrogen-bond donors (Lipinski definition) is 1. The van der Waals surface area contributed by atoms with Gasteiger partial charge in [0, 0.05) is 19.0 Å². The third-order valence-corrected chi connectivity index (χ3v) is 4.83. The van der Waals surface area contributed by atoms with E-state index < -0.39 is 5.97 Å². The van der Waals surface area contributed by atoms with E-state index in [0.717, 1.165) is 29.7 Å². The van der Waals surface area contributed by atoms with Crippen LogP contribution in [0, 0.1) is 0 Å². The second-order valence-electron chi connectivity index (χ2n) is 6.93. The summed E-state index contributed by atoms with van der Waals surface area (Å²) in [6, 6.07) is 13.0. The van der Waals surface area contributed by atoms with E-state index in [1.165, 1.54) is 0 Å². The van der Waals surface area contributed by atoms with Crippen molar-refractivity contribution >= 4 is 12.4 Å². The van der Waals surface area contributed by atoms with Crippen molar-refractivity contribution < 1.29 is 19.4 Å². The fourth-order valence-corrected chi connectivity index (χ4v) is 3.45. The Morgan fingerprint density at radius 3 is 2.69 bits per heavy atom. The summed E-state index contributed by atoms with van der Waals surface area (Å²) >= 11 is 0. The number of aromatic carboxylic acids is 1. The van der Waals surface area contributed by atoms with E-state index in [9.17, 15) is 14.7 Å². The molecule has 0 spiro atoms. The summed E-state index contributed by atoms with van der Waals surface area (Å²) in [7, 11) is 0. The molecule has 1 fully saturated rings. The lowest BCUT2D eigenvalue weighted by molar-refractivity contribution is -0.117. The van der Waals surface area contributed by atoms with Crippen LogP contribution in [-0.2, 0) is 4.79 Å². The maximum atomic E-state index is 11.8. The second-order valence-corrected chi connectivity index (χ2v) is 6.93. The molecule has 1 aliphatic heterocycles. The van der Waals surface area contributed by atoms with Crippen molar-refractivity contribution in [1.29, 1.82) is 0 Å². The molecule has 1 heterocycles. The highest BCUT2D eigenvalue weighted by Crippen LogP contribution is 2.34. The van der Waals surface area contributed by atoms with Crippen LogP contribution < -0.4 is 4.74 Å². The maximum Gasteiger partial charge on any atom is 0.336 e. The Hall–Kier alpha value is -2.82. The molecule has 5 nitrogen and oxygen atoms in total. The zero-order valence-electron chi connectivity index (χ0n) is 15.0. The van der Waals surface area contributed by atoms with Gasteiger partial charge in [-0.05, 0) is 41.7 Å². The molecular formula is C21H23NO4. The SMILES string of the molecule is CC(C)c1ccccc1Oc1ccc(C2CCN(C=O)C2)c(C(=O)O)c1. The number of carbonyl (C=O) groups is 2. The fraction of sp³-hybridized carbons (Fsp3) is 0.333. The number of para-hydroxylation sites is 1. The number of likely N-dealkylation sites (tertiary alicyclic amines) is 1. The van der Waals surface area contributed by atoms with Gasteiger partial charge in [0.1, 0.15) is 11.5 Å². The molecule has 1 amide bonds. The summed E-state index contributed by atoms with van der Waals surface area (Å²) in [5.74, 6) is 0.608. The van der Waals surface area contributed by atoms with Crippen molar-refractivity contribution in [2.45, 2.75) is 32.1 Å². The van der Waals surface area contributed by atoms with Crippen molar-refractivity contribution in [1.82, 2.24) is 4.90 Å². The molecule has 3 rings (SSSR count). The topological polar surface area (TPSA) is 66.8 Å². The molecule has 5 heteroatoms. The average Bonchev–Trinajstić information content (AvgIpc) is 3.11. The van der Waals surface area contributed by atoms with Crippen LogP contribution in [0.2, 0.25) is 0 Å². The lowest BCUT2D eigenvalue weighted by atomic mass is 9.93. The third-order valence-electron chi connectivity index (χ3n) is 4.83. The molecule has 1 N–H and O–H groups in total. The highest BCUT2D eigenvalue weighted by atomic mass is 16.5. The number of benzene rings is 2. The summed E-state index contributed by atoms with van der Waals surface area (Å²) in [5, 5.41) is 9.64. The summed E-state index contributed by atoms with van der Waals surface area (Å²) in [5.41, 5.74) is 2.07. The summed E-state index contributed by atoms with van der Waals surface area (Å²) in [4.78, 5) is 24.4. The van der Waals surface area contributed by atoms with Crippen molar-refractivity contribution in [3.8, 4) is 11.5 Å². The van der Waals surface area contributed by atoms with E-state index in [2.05, 4.69) is 13.8 Å². The molecule has 0 aromatic heterocycles. The van der Waals surface area contributed by atoms with Crippen LogP contribution in [0.25, 0.3) is 0 Å². The smallest absolute Gasteiger partial charge is 0.336 e. The normalized spacial score (nSPS) is 16.7. The molecule has 2 aromatic carbocycles. The zero-order chi connectivity index (χ0) is 18.7. The average molecular weight is 353 g/mol. The summed E-state index contributed by atoms with van der Waals surface area (Å²) in [6.45, 7) is 5.40. The minimum Gasteiger partial charge on any atom is -0.478 e. The molecule has 0 aliphatic carbocycles. The number of rotatable bonds is 6. The van der Waals surface area contributed by atoms with Gasteiger partial charge < -0.3 is 14.7 Å². The van der Waals surface area contributed by atoms with Crippen LogP contribution in [0.4, 0.5) is 0 Å². The van der Waals surface area contributed by atoms with E-state index >= 15 is 0 Å². The van der Waals surface area contributed by atoms with Gasteiger partial charge in [-0.15, -0.1) is 0 Å². The van der Waals surface area contributed by atoms with E-state index in [-0.39, 0.29) is 11.5 Å². The molecule has 136 valence electrons. The van der Waals surface area contributed by atoms with Gasteiger partial charge in [-0.2, -0.15) is 0 Å². The Kier molecular flexibility index (Phi) is 5.26. The van der Waals surface area contributed by atoms with Gasteiger partial charge in [0.25, 0.3) is 0 Å². The fourth-order valence-electron chi connectivity index (χ4n) is 3.45. The molecule has 26 heavy (non-hydrogen) atoms. The van der Waals surface area contributed by atoms with E-state index in [1.54, 1.807) is 11.0 Å². The van der Waals surface area contributed by atoms with Crippen molar-refractivity contribution in [2.75, 3.05) is 13.1 Å². The van der Waals surface area contributed by atoms with Crippen LogP contribution in [-0.4, -0.2) is 35.5 Å². The van der Waals surface area contributed by atoms with Gasteiger partial charge >= 0.3 is 5.97 Å². The number of hydrogen-bond acceptors (Lipinski definition) is 3. The van der Waals surface area contributed by atoms with Gasteiger partial charge in [0.05, 0.1) is 5.56 Å². The minimum atomic E-state index is -0.979. The Labute approximate surface area is 153 Å². The van der Waals surface area contributed by atoms with Crippen LogP contribution in [0.1, 0.15) is 53.6 Å². The van der Waals surface area contributed by atoms with Gasteiger partial charge in [0.2, 0.25) is 6.41 Å². The van der Waals surface area contributed by atoms with Crippen LogP contribution >= 0.6 is 0 Å². The number of carbonyl (C=O) groups excluding carboxylic acids is 1. The predicted octanol–water partition coefficient (Wildman–Crippen LogP) is 4.25. The number of nitrogens with zero attached hydrogens (tertiary/aromatic N) is 1. The molecule has 1 aliphatic rings. The van der Waals surface area contributed by atoms with Gasteiger partial charge in [0.15, 0.2) is 0 Å². The third kappa shape index (κ3) is 3.72. The summed E-state index contributed by atoms with van der Waals surface area (Å²) < 4.78 is 5.99. The van der Waals surface area contributed by atoms with E-state index in [1.807, 2.05) is 36.4 Å². The lowest BCUT2D eigenvalue weighted by Crippen LogP contribution is -2.18. The number of amides is 1. The van der Waals surface area contributed by atoms with Crippen LogP contribution in [0.15, 0.2) is 42.5 Å². The van der Waals surface area contributed by atoms with Crippen molar-refractivity contribution in [2.24, 2.45) is 0 Å². The zero-order valence-corrected chi connectivity index (χ0v) is 15.0. The monoisotopic (exact) mass is 353 g/mol. The van der Waals surface area contributed by atoms with Gasteiger partial charge in [-0.1, -0.05) is 38.1 Å². The summed E-state index contributed by atoms with van der Waals surface area (Å²) in [6.07, 6.45) is 1.59.